The zero-order valence-corrected chi connectivity index (χ0v) is 18.1. The molecule has 0 atom stereocenters. The normalized spacial score (nSPS) is 15.7. The molecule has 1 fully saturated rings. The Bertz CT molecular complexity index is 1140. The molecule has 154 valence electrons. The number of imide groups is 1. The highest BCUT2D eigenvalue weighted by molar-refractivity contribution is 8.18. The van der Waals surface area contributed by atoms with Crippen LogP contribution in [-0.4, -0.2) is 40.9 Å². The van der Waals surface area contributed by atoms with Gasteiger partial charge in [0, 0.05) is 54.5 Å². The van der Waals surface area contributed by atoms with Gasteiger partial charge in [-0.1, -0.05) is 48.0 Å². The minimum Gasteiger partial charge on any atom is -0.385 e. The van der Waals surface area contributed by atoms with Gasteiger partial charge < -0.3 is 9.30 Å². The third-order valence-electron chi connectivity index (χ3n) is 5.01. The smallest absolute Gasteiger partial charge is 0.293 e. The molecule has 1 aliphatic rings. The quantitative estimate of drug-likeness (QED) is 0.364. The number of carbonyl (C=O) groups excluding carboxylic acids is 2. The van der Waals surface area contributed by atoms with Crippen molar-refractivity contribution in [3.63, 3.8) is 0 Å². The highest BCUT2D eigenvalue weighted by Gasteiger charge is 2.34. The van der Waals surface area contributed by atoms with Crippen molar-refractivity contribution in [3.05, 3.63) is 75.8 Å². The van der Waals surface area contributed by atoms with Gasteiger partial charge in [0.05, 0.1) is 4.91 Å². The lowest BCUT2D eigenvalue weighted by Crippen LogP contribution is -2.29. The van der Waals surface area contributed by atoms with Gasteiger partial charge in [-0.15, -0.1) is 0 Å². The molecule has 0 unspecified atom stereocenters. The van der Waals surface area contributed by atoms with Crippen LogP contribution in [0.3, 0.4) is 0 Å². The van der Waals surface area contributed by atoms with Crippen molar-refractivity contribution in [1.29, 1.82) is 0 Å². The number of amides is 2. The van der Waals surface area contributed by atoms with Crippen molar-refractivity contribution >= 4 is 51.5 Å². The molecule has 1 aliphatic heterocycles. The number of carbonyl (C=O) groups is 2. The lowest BCUT2D eigenvalue weighted by molar-refractivity contribution is -0.122. The predicted octanol–water partition coefficient (Wildman–Crippen LogP) is 5.42. The number of ether oxygens (including phenoxy) is 1. The van der Waals surface area contributed by atoms with Gasteiger partial charge in [0.2, 0.25) is 0 Å². The third kappa shape index (κ3) is 4.17. The Morgan fingerprint density at radius 2 is 1.87 bits per heavy atom. The van der Waals surface area contributed by atoms with Gasteiger partial charge in [0.25, 0.3) is 11.1 Å². The minimum absolute atomic E-state index is 0.234. The van der Waals surface area contributed by atoms with E-state index in [1.54, 1.807) is 7.11 Å². The van der Waals surface area contributed by atoms with Gasteiger partial charge in [-0.2, -0.15) is 0 Å². The van der Waals surface area contributed by atoms with E-state index < -0.39 is 0 Å². The van der Waals surface area contributed by atoms with E-state index in [9.17, 15) is 9.59 Å². The van der Waals surface area contributed by atoms with E-state index in [1.807, 2.05) is 60.8 Å². The number of nitrogens with zero attached hydrogens (tertiary/aromatic N) is 2. The summed E-state index contributed by atoms with van der Waals surface area (Å²) in [4.78, 5) is 26.8. The van der Waals surface area contributed by atoms with Crippen LogP contribution in [0.2, 0.25) is 5.02 Å². The van der Waals surface area contributed by atoms with Gasteiger partial charge in [0.1, 0.15) is 0 Å². The van der Waals surface area contributed by atoms with E-state index in [1.165, 1.54) is 4.90 Å². The van der Waals surface area contributed by atoms with E-state index in [-0.39, 0.29) is 11.1 Å². The van der Waals surface area contributed by atoms with E-state index in [0.29, 0.717) is 36.0 Å². The van der Waals surface area contributed by atoms with E-state index in [4.69, 9.17) is 16.3 Å². The molecule has 0 saturated carbocycles. The molecule has 5 nitrogen and oxygen atoms in total. The van der Waals surface area contributed by atoms with Crippen molar-refractivity contribution in [2.24, 2.45) is 0 Å². The molecule has 0 aliphatic carbocycles. The van der Waals surface area contributed by atoms with E-state index >= 15 is 0 Å². The van der Waals surface area contributed by atoms with Crippen molar-refractivity contribution < 1.29 is 14.3 Å². The molecule has 1 aromatic heterocycles. The monoisotopic (exact) mass is 440 g/mol. The number of aromatic nitrogens is 1. The van der Waals surface area contributed by atoms with E-state index in [2.05, 4.69) is 4.57 Å². The minimum atomic E-state index is -0.246. The summed E-state index contributed by atoms with van der Waals surface area (Å²) in [5, 5.41) is 1.51. The van der Waals surface area contributed by atoms with Crippen molar-refractivity contribution in [1.82, 2.24) is 9.47 Å². The number of hydrogen-bond donors (Lipinski definition) is 0. The van der Waals surface area contributed by atoms with Crippen LogP contribution < -0.4 is 0 Å². The predicted molar refractivity (Wildman–Crippen MR) is 122 cm³/mol. The second-order valence-corrected chi connectivity index (χ2v) is 8.40. The fourth-order valence-electron chi connectivity index (χ4n) is 3.53. The maximum Gasteiger partial charge on any atom is 0.293 e. The zero-order valence-electron chi connectivity index (χ0n) is 16.5. The molecular weight excluding hydrogens is 420 g/mol. The molecule has 0 radical (unpaired) electrons. The molecule has 1 saturated heterocycles. The number of para-hydroxylation sites is 1. The molecule has 2 aromatic carbocycles. The largest absolute Gasteiger partial charge is 0.385 e. The maximum atomic E-state index is 12.7. The van der Waals surface area contributed by atoms with E-state index in [0.717, 1.165) is 33.8 Å². The number of thioether (sulfide) groups is 1. The average molecular weight is 441 g/mol. The molecule has 3 aromatic rings. The summed E-state index contributed by atoms with van der Waals surface area (Å²) >= 11 is 7.33. The van der Waals surface area contributed by atoms with Crippen LogP contribution in [0.25, 0.3) is 17.0 Å². The molecular formula is C23H21ClN2O3S. The first-order valence-corrected chi connectivity index (χ1v) is 10.8. The Labute approximate surface area is 184 Å². The molecule has 7 heteroatoms. The molecule has 2 heterocycles. The second-order valence-electron chi connectivity index (χ2n) is 7.00. The van der Waals surface area contributed by atoms with Gasteiger partial charge in [0.15, 0.2) is 0 Å². The van der Waals surface area contributed by atoms with Crippen LogP contribution in [-0.2, 0) is 16.1 Å². The first-order chi connectivity index (χ1) is 14.6. The lowest BCUT2D eigenvalue weighted by atomic mass is 10.1. The summed E-state index contributed by atoms with van der Waals surface area (Å²) in [6, 6.07) is 15.8. The molecule has 0 bridgehead atoms. The summed E-state index contributed by atoms with van der Waals surface area (Å²) in [5.41, 5.74) is 2.97. The first kappa shape index (κ1) is 20.7. The van der Waals surface area contributed by atoms with Crippen molar-refractivity contribution in [3.8, 4) is 0 Å². The summed E-state index contributed by atoms with van der Waals surface area (Å²) in [6.07, 6.45) is 4.44. The van der Waals surface area contributed by atoms with Crippen LogP contribution in [0, 0.1) is 0 Å². The van der Waals surface area contributed by atoms with Crippen LogP contribution in [0.15, 0.2) is 59.6 Å². The van der Waals surface area contributed by atoms with Gasteiger partial charge in [-0.3, -0.25) is 14.5 Å². The zero-order chi connectivity index (χ0) is 21.1. The number of rotatable bonds is 7. The van der Waals surface area contributed by atoms with Gasteiger partial charge in [-0.25, -0.2) is 0 Å². The summed E-state index contributed by atoms with van der Waals surface area (Å²) in [5.74, 6) is -0.246. The van der Waals surface area contributed by atoms with Crippen molar-refractivity contribution in [2.75, 3.05) is 20.3 Å². The average Bonchev–Trinajstić information content (AvgIpc) is 3.22. The lowest BCUT2D eigenvalue weighted by Gasteiger charge is -2.11. The van der Waals surface area contributed by atoms with Crippen LogP contribution >= 0.6 is 23.4 Å². The Hall–Kier alpha value is -2.54. The summed E-state index contributed by atoms with van der Waals surface area (Å²) < 4.78 is 7.14. The number of methoxy groups -OCH3 is 1. The highest BCUT2D eigenvalue weighted by Crippen LogP contribution is 2.34. The summed E-state index contributed by atoms with van der Waals surface area (Å²) in [7, 11) is 1.60. The number of hydrogen-bond acceptors (Lipinski definition) is 4. The fourth-order valence-corrected chi connectivity index (χ4v) is 4.58. The molecule has 0 N–H and O–H groups in total. The SMILES string of the molecule is COCCCN1C(=O)S/C(=C/c2cn(Cc3ccccc3Cl)c3ccccc23)C1=O. The molecule has 0 spiro atoms. The number of halogens is 1. The maximum absolute atomic E-state index is 12.7. The Balaban J connectivity index is 1.66. The summed E-state index contributed by atoms with van der Waals surface area (Å²) in [6.45, 7) is 1.49. The molecule has 2 amide bonds. The Morgan fingerprint density at radius 1 is 1.10 bits per heavy atom. The van der Waals surface area contributed by atoms with Gasteiger partial charge in [-0.05, 0) is 42.0 Å². The fraction of sp³-hybridized carbons (Fsp3) is 0.217. The third-order valence-corrected chi connectivity index (χ3v) is 6.28. The molecule has 30 heavy (non-hydrogen) atoms. The number of benzene rings is 2. The Morgan fingerprint density at radius 3 is 2.67 bits per heavy atom. The van der Waals surface area contributed by atoms with Crippen LogP contribution in [0.5, 0.6) is 0 Å². The van der Waals surface area contributed by atoms with Crippen LogP contribution in [0.4, 0.5) is 4.79 Å². The topological polar surface area (TPSA) is 51.5 Å². The van der Waals surface area contributed by atoms with Gasteiger partial charge >= 0.3 is 0 Å². The van der Waals surface area contributed by atoms with Crippen LogP contribution in [0.1, 0.15) is 17.5 Å². The second kappa shape index (κ2) is 9.08. The van der Waals surface area contributed by atoms with Crippen molar-refractivity contribution in [2.45, 2.75) is 13.0 Å². The first-order valence-electron chi connectivity index (χ1n) is 9.64. The molecule has 4 rings (SSSR count). The highest BCUT2D eigenvalue weighted by atomic mass is 35.5. The Kier molecular flexibility index (Phi) is 6.27. The number of fused-ring (bicyclic) bond motifs is 1. The standard InChI is InChI=1S/C23H21ClN2O3S/c1-29-12-6-11-26-22(27)21(30-23(26)28)13-17-15-25(20-10-5-3-8-18(17)20)14-16-7-2-4-9-19(16)24/h2-5,7-10,13,15H,6,11-12,14H2,1H3/b21-13+.